The molecule has 0 saturated carbocycles. The number of rotatable bonds is 3. The van der Waals surface area contributed by atoms with Gasteiger partial charge in [-0.1, -0.05) is 27.7 Å². The van der Waals surface area contributed by atoms with Crippen molar-refractivity contribution in [1.82, 2.24) is 14.8 Å². The second-order valence-electron chi connectivity index (χ2n) is 3.42. The number of aromatic nitrogens is 3. The van der Waals surface area contributed by atoms with E-state index in [1.807, 2.05) is 0 Å². The highest BCUT2D eigenvalue weighted by molar-refractivity contribution is 9.10. The predicted octanol–water partition coefficient (Wildman–Crippen LogP) is 2.59. The molecule has 0 aliphatic rings. The Hall–Kier alpha value is -1.08. The van der Waals surface area contributed by atoms with Gasteiger partial charge in [-0.3, -0.25) is 4.57 Å². The third kappa shape index (κ3) is 2.78. The van der Waals surface area contributed by atoms with Crippen LogP contribution in [0.15, 0.2) is 27.8 Å². The molecular formula is C10H10BrFN4S. The lowest BCUT2D eigenvalue weighted by atomic mass is 10.2. The minimum atomic E-state index is -0.226. The number of nitrogen functional groups attached to an aromatic ring is 1. The van der Waals surface area contributed by atoms with Crippen LogP contribution >= 0.6 is 27.7 Å². The fourth-order valence-corrected chi connectivity index (χ4v) is 2.55. The molecule has 0 spiro atoms. The first kappa shape index (κ1) is 12.4. The molecule has 1 aromatic heterocycles. The van der Waals surface area contributed by atoms with E-state index in [1.165, 1.54) is 17.8 Å². The average molecular weight is 317 g/mol. The molecule has 0 atom stereocenters. The van der Waals surface area contributed by atoms with E-state index in [4.69, 9.17) is 5.73 Å². The third-order valence-electron chi connectivity index (χ3n) is 2.23. The number of hydrogen-bond donors (Lipinski definition) is 1. The molecular weight excluding hydrogens is 307 g/mol. The normalized spacial score (nSPS) is 10.8. The molecule has 0 aliphatic heterocycles. The maximum Gasteiger partial charge on any atom is 0.222 e. The first-order valence-corrected chi connectivity index (χ1v) is 6.57. The molecule has 0 bridgehead atoms. The zero-order chi connectivity index (χ0) is 12.4. The van der Waals surface area contributed by atoms with Gasteiger partial charge < -0.3 is 5.73 Å². The standard InChI is InChI=1S/C10H10BrFN4S/c1-16-9(13)14-15-10(16)17-5-6-4-7(11)2-3-8(6)12/h2-4H,5H2,1H3,(H2,13,14). The summed E-state index contributed by atoms with van der Waals surface area (Å²) in [6.45, 7) is 0. The first-order valence-electron chi connectivity index (χ1n) is 4.79. The van der Waals surface area contributed by atoms with Crippen molar-refractivity contribution in [3.05, 3.63) is 34.1 Å². The maximum absolute atomic E-state index is 13.5. The minimum Gasteiger partial charge on any atom is -0.368 e. The van der Waals surface area contributed by atoms with Gasteiger partial charge in [0.25, 0.3) is 0 Å². The van der Waals surface area contributed by atoms with Crippen molar-refractivity contribution >= 4 is 33.6 Å². The van der Waals surface area contributed by atoms with Crippen LogP contribution in [0, 0.1) is 5.82 Å². The summed E-state index contributed by atoms with van der Waals surface area (Å²) in [6, 6.07) is 4.86. The van der Waals surface area contributed by atoms with Crippen molar-refractivity contribution < 1.29 is 4.39 Å². The van der Waals surface area contributed by atoms with Crippen LogP contribution in [0.3, 0.4) is 0 Å². The Morgan fingerprint density at radius 2 is 2.24 bits per heavy atom. The molecule has 0 saturated heterocycles. The average Bonchev–Trinajstić information content (AvgIpc) is 2.62. The van der Waals surface area contributed by atoms with Gasteiger partial charge >= 0.3 is 0 Å². The maximum atomic E-state index is 13.5. The smallest absolute Gasteiger partial charge is 0.222 e. The lowest BCUT2D eigenvalue weighted by Gasteiger charge is -2.03. The largest absolute Gasteiger partial charge is 0.368 e. The zero-order valence-corrected chi connectivity index (χ0v) is 11.4. The van der Waals surface area contributed by atoms with Gasteiger partial charge in [0.05, 0.1) is 0 Å². The van der Waals surface area contributed by atoms with Crippen LogP contribution in [-0.4, -0.2) is 14.8 Å². The summed E-state index contributed by atoms with van der Waals surface area (Å²) in [7, 11) is 1.77. The van der Waals surface area contributed by atoms with Gasteiger partial charge in [-0.2, -0.15) is 0 Å². The molecule has 0 fully saturated rings. The highest BCUT2D eigenvalue weighted by atomic mass is 79.9. The van der Waals surface area contributed by atoms with Crippen LogP contribution in [0.1, 0.15) is 5.56 Å². The highest BCUT2D eigenvalue weighted by Crippen LogP contribution is 2.25. The molecule has 0 unspecified atom stereocenters. The Balaban J connectivity index is 2.12. The fraction of sp³-hybridized carbons (Fsp3) is 0.200. The Morgan fingerprint density at radius 1 is 1.47 bits per heavy atom. The molecule has 0 radical (unpaired) electrons. The molecule has 7 heteroatoms. The minimum absolute atomic E-state index is 0.226. The number of nitrogens with zero attached hydrogens (tertiary/aromatic N) is 3. The SMILES string of the molecule is Cn1c(N)nnc1SCc1cc(Br)ccc1F. The quantitative estimate of drug-likeness (QED) is 0.884. The van der Waals surface area contributed by atoms with E-state index >= 15 is 0 Å². The molecule has 2 rings (SSSR count). The van der Waals surface area contributed by atoms with Gasteiger partial charge in [-0.05, 0) is 23.8 Å². The van der Waals surface area contributed by atoms with E-state index in [2.05, 4.69) is 26.1 Å². The Labute approximate surface area is 111 Å². The monoisotopic (exact) mass is 316 g/mol. The van der Waals surface area contributed by atoms with Crippen LogP contribution in [0.25, 0.3) is 0 Å². The number of nitrogens with two attached hydrogens (primary N) is 1. The zero-order valence-electron chi connectivity index (χ0n) is 9.02. The molecule has 2 aromatic rings. The molecule has 1 heterocycles. The fourth-order valence-electron chi connectivity index (χ4n) is 1.25. The summed E-state index contributed by atoms with van der Waals surface area (Å²) in [4.78, 5) is 0. The highest BCUT2D eigenvalue weighted by Gasteiger charge is 2.09. The molecule has 17 heavy (non-hydrogen) atoms. The summed E-state index contributed by atoms with van der Waals surface area (Å²) in [5.74, 6) is 0.607. The number of halogens is 2. The van der Waals surface area contributed by atoms with Gasteiger partial charge in [0.15, 0.2) is 5.16 Å². The second-order valence-corrected chi connectivity index (χ2v) is 5.28. The van der Waals surface area contributed by atoms with Crippen molar-refractivity contribution in [2.24, 2.45) is 7.05 Å². The van der Waals surface area contributed by atoms with Crippen LogP contribution < -0.4 is 5.73 Å². The Morgan fingerprint density at radius 3 is 2.88 bits per heavy atom. The summed E-state index contributed by atoms with van der Waals surface area (Å²) in [5, 5.41) is 8.30. The van der Waals surface area contributed by atoms with Crippen molar-refractivity contribution in [2.75, 3.05) is 5.73 Å². The van der Waals surface area contributed by atoms with Crippen molar-refractivity contribution in [3.8, 4) is 0 Å². The summed E-state index contributed by atoms with van der Waals surface area (Å²) >= 11 is 4.70. The number of thioether (sulfide) groups is 1. The molecule has 0 aliphatic carbocycles. The Kier molecular flexibility index (Phi) is 3.68. The number of hydrogen-bond acceptors (Lipinski definition) is 4. The van der Waals surface area contributed by atoms with Crippen LogP contribution in [0.4, 0.5) is 10.3 Å². The second kappa shape index (κ2) is 5.05. The van der Waals surface area contributed by atoms with Crippen molar-refractivity contribution in [1.29, 1.82) is 0 Å². The van der Waals surface area contributed by atoms with Crippen LogP contribution in [0.2, 0.25) is 0 Å². The van der Waals surface area contributed by atoms with Gasteiger partial charge in [-0.15, -0.1) is 10.2 Å². The van der Waals surface area contributed by atoms with Crippen molar-refractivity contribution in [3.63, 3.8) is 0 Å². The first-order chi connectivity index (χ1) is 8.08. The topological polar surface area (TPSA) is 56.7 Å². The van der Waals surface area contributed by atoms with E-state index in [-0.39, 0.29) is 5.82 Å². The number of benzene rings is 1. The lowest BCUT2D eigenvalue weighted by molar-refractivity contribution is 0.617. The van der Waals surface area contributed by atoms with E-state index < -0.39 is 0 Å². The summed E-state index contributed by atoms with van der Waals surface area (Å²) in [6.07, 6.45) is 0. The van der Waals surface area contributed by atoms with Gasteiger partial charge in [0.1, 0.15) is 5.82 Å². The molecule has 2 N–H and O–H groups in total. The van der Waals surface area contributed by atoms with Gasteiger partial charge in [0.2, 0.25) is 5.95 Å². The van der Waals surface area contributed by atoms with Crippen LogP contribution in [-0.2, 0) is 12.8 Å². The van der Waals surface area contributed by atoms with Crippen molar-refractivity contribution in [2.45, 2.75) is 10.9 Å². The summed E-state index contributed by atoms with van der Waals surface area (Å²) < 4.78 is 16.0. The molecule has 1 aromatic carbocycles. The number of anilines is 1. The Bertz CT molecular complexity index is 543. The van der Waals surface area contributed by atoms with E-state index in [0.717, 1.165) is 4.47 Å². The van der Waals surface area contributed by atoms with Gasteiger partial charge in [0, 0.05) is 17.3 Å². The third-order valence-corrected chi connectivity index (χ3v) is 3.80. The van der Waals surface area contributed by atoms with E-state index in [1.54, 1.807) is 23.7 Å². The van der Waals surface area contributed by atoms with E-state index in [0.29, 0.717) is 22.4 Å². The summed E-state index contributed by atoms with van der Waals surface area (Å²) in [5.41, 5.74) is 6.17. The van der Waals surface area contributed by atoms with Gasteiger partial charge in [-0.25, -0.2) is 4.39 Å². The lowest BCUT2D eigenvalue weighted by Crippen LogP contribution is -1.98. The molecule has 0 amide bonds. The predicted molar refractivity (Wildman–Crippen MR) is 69.1 cm³/mol. The van der Waals surface area contributed by atoms with Crippen LogP contribution in [0.5, 0.6) is 0 Å². The molecule has 90 valence electrons. The van der Waals surface area contributed by atoms with E-state index in [9.17, 15) is 4.39 Å². The molecule has 4 nitrogen and oxygen atoms in total.